The summed E-state index contributed by atoms with van der Waals surface area (Å²) >= 11 is 0. The lowest BCUT2D eigenvalue weighted by Gasteiger charge is -2.20. The van der Waals surface area contributed by atoms with Crippen molar-refractivity contribution in [3.8, 4) is 0 Å². The van der Waals surface area contributed by atoms with Crippen molar-refractivity contribution in [2.24, 2.45) is 5.92 Å². The number of benzene rings is 1. The zero-order valence-electron chi connectivity index (χ0n) is 10.9. The standard InChI is InChI=1S/C14H21NO2/c1-9(2)8-11(4)15-13-10(3)6-5-7-12(13)14(16)17/h5-7,9,11,15H,8H2,1-4H3,(H,16,17). The summed E-state index contributed by atoms with van der Waals surface area (Å²) in [5, 5.41) is 12.5. The Hall–Kier alpha value is -1.51. The highest BCUT2D eigenvalue weighted by Crippen LogP contribution is 2.22. The van der Waals surface area contributed by atoms with Gasteiger partial charge < -0.3 is 10.4 Å². The van der Waals surface area contributed by atoms with Crippen LogP contribution in [0.3, 0.4) is 0 Å². The average Bonchev–Trinajstić information content (AvgIpc) is 2.19. The minimum atomic E-state index is -0.882. The van der Waals surface area contributed by atoms with Gasteiger partial charge in [0.25, 0.3) is 0 Å². The highest BCUT2D eigenvalue weighted by atomic mass is 16.4. The van der Waals surface area contributed by atoms with E-state index in [9.17, 15) is 4.79 Å². The second-order valence-corrected chi connectivity index (χ2v) is 4.98. The van der Waals surface area contributed by atoms with Crippen LogP contribution < -0.4 is 5.32 Å². The number of anilines is 1. The van der Waals surface area contributed by atoms with E-state index >= 15 is 0 Å². The number of nitrogens with one attached hydrogen (secondary N) is 1. The van der Waals surface area contributed by atoms with Crippen LogP contribution in [0.25, 0.3) is 0 Å². The molecule has 1 aromatic rings. The van der Waals surface area contributed by atoms with E-state index < -0.39 is 5.97 Å². The lowest BCUT2D eigenvalue weighted by molar-refractivity contribution is 0.0698. The Morgan fingerprint density at radius 3 is 2.53 bits per heavy atom. The molecule has 3 heteroatoms. The van der Waals surface area contributed by atoms with Crippen LogP contribution in [0.5, 0.6) is 0 Å². The largest absolute Gasteiger partial charge is 0.478 e. The first-order valence-corrected chi connectivity index (χ1v) is 6.01. The Balaban J connectivity index is 2.92. The number of hydrogen-bond donors (Lipinski definition) is 2. The van der Waals surface area contributed by atoms with Crippen molar-refractivity contribution in [2.45, 2.75) is 40.2 Å². The van der Waals surface area contributed by atoms with Crippen LogP contribution in [-0.2, 0) is 0 Å². The van der Waals surface area contributed by atoms with Gasteiger partial charge in [0.05, 0.1) is 11.3 Å². The van der Waals surface area contributed by atoms with Crippen molar-refractivity contribution < 1.29 is 9.90 Å². The van der Waals surface area contributed by atoms with Gasteiger partial charge in [0.2, 0.25) is 0 Å². The lowest BCUT2D eigenvalue weighted by Crippen LogP contribution is -2.20. The van der Waals surface area contributed by atoms with Gasteiger partial charge in [-0.3, -0.25) is 0 Å². The lowest BCUT2D eigenvalue weighted by atomic mass is 10.0. The maximum Gasteiger partial charge on any atom is 0.337 e. The fraction of sp³-hybridized carbons (Fsp3) is 0.500. The molecule has 0 saturated heterocycles. The van der Waals surface area contributed by atoms with E-state index in [1.54, 1.807) is 12.1 Å². The first-order chi connectivity index (χ1) is 7.91. The molecule has 0 heterocycles. The van der Waals surface area contributed by atoms with Gasteiger partial charge in [-0.15, -0.1) is 0 Å². The van der Waals surface area contributed by atoms with E-state index in [0.29, 0.717) is 11.5 Å². The molecule has 0 saturated carbocycles. The minimum absolute atomic E-state index is 0.272. The summed E-state index contributed by atoms with van der Waals surface area (Å²) in [4.78, 5) is 11.1. The van der Waals surface area contributed by atoms with E-state index in [2.05, 4.69) is 26.1 Å². The van der Waals surface area contributed by atoms with E-state index in [0.717, 1.165) is 17.7 Å². The van der Waals surface area contributed by atoms with Crippen molar-refractivity contribution in [3.63, 3.8) is 0 Å². The zero-order chi connectivity index (χ0) is 13.0. The zero-order valence-corrected chi connectivity index (χ0v) is 10.9. The third kappa shape index (κ3) is 3.77. The third-order valence-corrected chi connectivity index (χ3v) is 2.72. The van der Waals surface area contributed by atoms with E-state index in [1.165, 1.54) is 0 Å². The van der Waals surface area contributed by atoms with Crippen LogP contribution in [0.15, 0.2) is 18.2 Å². The fourth-order valence-corrected chi connectivity index (χ4v) is 2.05. The molecule has 0 aliphatic heterocycles. The molecule has 0 aliphatic carbocycles. The molecule has 0 amide bonds. The second kappa shape index (κ2) is 5.71. The molecule has 0 spiro atoms. The van der Waals surface area contributed by atoms with Crippen molar-refractivity contribution in [3.05, 3.63) is 29.3 Å². The van der Waals surface area contributed by atoms with Crippen molar-refractivity contribution in [1.29, 1.82) is 0 Å². The fourth-order valence-electron chi connectivity index (χ4n) is 2.05. The van der Waals surface area contributed by atoms with Crippen LogP contribution in [0.1, 0.15) is 43.1 Å². The van der Waals surface area contributed by atoms with E-state index in [4.69, 9.17) is 5.11 Å². The van der Waals surface area contributed by atoms with Gasteiger partial charge in [-0.2, -0.15) is 0 Å². The number of carboxylic acids is 1. The molecule has 0 aliphatic rings. The summed E-state index contributed by atoms with van der Waals surface area (Å²) < 4.78 is 0. The topological polar surface area (TPSA) is 49.3 Å². The number of rotatable bonds is 5. The number of aromatic carboxylic acids is 1. The summed E-state index contributed by atoms with van der Waals surface area (Å²) in [6.07, 6.45) is 1.02. The first kappa shape index (κ1) is 13.6. The molecule has 0 aromatic heterocycles. The van der Waals surface area contributed by atoms with Gasteiger partial charge in [-0.1, -0.05) is 26.0 Å². The molecule has 1 atom stereocenters. The molecule has 0 radical (unpaired) electrons. The average molecular weight is 235 g/mol. The summed E-state index contributed by atoms with van der Waals surface area (Å²) in [6, 6.07) is 5.61. The summed E-state index contributed by atoms with van der Waals surface area (Å²) in [5.41, 5.74) is 2.06. The van der Waals surface area contributed by atoms with E-state index in [1.807, 2.05) is 13.0 Å². The minimum Gasteiger partial charge on any atom is -0.478 e. The number of aryl methyl sites for hydroxylation is 1. The molecule has 0 fully saturated rings. The van der Waals surface area contributed by atoms with Crippen LogP contribution in [0.4, 0.5) is 5.69 Å². The Bertz CT molecular complexity index is 399. The number of para-hydroxylation sites is 1. The van der Waals surface area contributed by atoms with Crippen molar-refractivity contribution in [2.75, 3.05) is 5.32 Å². The maximum atomic E-state index is 11.1. The number of carbonyl (C=O) groups is 1. The van der Waals surface area contributed by atoms with Gasteiger partial charge in [-0.25, -0.2) is 4.79 Å². The van der Waals surface area contributed by atoms with Gasteiger partial charge in [-0.05, 0) is 37.8 Å². The normalized spacial score (nSPS) is 12.5. The van der Waals surface area contributed by atoms with Gasteiger partial charge in [0.1, 0.15) is 0 Å². The second-order valence-electron chi connectivity index (χ2n) is 4.98. The quantitative estimate of drug-likeness (QED) is 0.820. The molecular formula is C14H21NO2. The van der Waals surface area contributed by atoms with Crippen molar-refractivity contribution >= 4 is 11.7 Å². The van der Waals surface area contributed by atoms with Crippen LogP contribution in [-0.4, -0.2) is 17.1 Å². The van der Waals surface area contributed by atoms with Gasteiger partial charge in [0, 0.05) is 6.04 Å². The molecular weight excluding hydrogens is 214 g/mol. The number of carboxylic acid groups (broad SMARTS) is 1. The molecule has 3 nitrogen and oxygen atoms in total. The van der Waals surface area contributed by atoms with Crippen LogP contribution >= 0.6 is 0 Å². The van der Waals surface area contributed by atoms with Gasteiger partial charge >= 0.3 is 5.97 Å². The van der Waals surface area contributed by atoms with Crippen molar-refractivity contribution in [1.82, 2.24) is 0 Å². The Morgan fingerprint density at radius 2 is 2.00 bits per heavy atom. The SMILES string of the molecule is Cc1cccc(C(=O)O)c1NC(C)CC(C)C. The molecule has 0 bridgehead atoms. The molecule has 17 heavy (non-hydrogen) atoms. The third-order valence-electron chi connectivity index (χ3n) is 2.72. The summed E-state index contributed by atoms with van der Waals surface area (Å²) in [6.45, 7) is 8.33. The molecule has 1 aromatic carbocycles. The highest BCUT2D eigenvalue weighted by Gasteiger charge is 2.14. The predicted molar refractivity (Wildman–Crippen MR) is 70.7 cm³/mol. The summed E-state index contributed by atoms with van der Waals surface area (Å²) in [7, 11) is 0. The molecule has 2 N–H and O–H groups in total. The smallest absolute Gasteiger partial charge is 0.337 e. The molecule has 94 valence electrons. The maximum absolute atomic E-state index is 11.1. The first-order valence-electron chi connectivity index (χ1n) is 6.01. The van der Waals surface area contributed by atoms with Crippen LogP contribution in [0, 0.1) is 12.8 Å². The van der Waals surface area contributed by atoms with Gasteiger partial charge in [0.15, 0.2) is 0 Å². The highest BCUT2D eigenvalue weighted by molar-refractivity contribution is 5.95. The van der Waals surface area contributed by atoms with E-state index in [-0.39, 0.29) is 6.04 Å². The Morgan fingerprint density at radius 1 is 1.35 bits per heavy atom. The monoisotopic (exact) mass is 235 g/mol. The number of hydrogen-bond acceptors (Lipinski definition) is 2. The Kier molecular flexibility index (Phi) is 4.55. The molecule has 1 rings (SSSR count). The Labute approximate surface area is 103 Å². The van der Waals surface area contributed by atoms with Crippen LogP contribution in [0.2, 0.25) is 0 Å². The molecule has 1 unspecified atom stereocenters. The predicted octanol–water partition coefficient (Wildman–Crippen LogP) is 3.54. The summed E-state index contributed by atoms with van der Waals surface area (Å²) in [5.74, 6) is -0.289.